The molecule has 1 saturated heterocycles. The van der Waals surface area contributed by atoms with Crippen molar-refractivity contribution < 1.29 is 14.5 Å². The number of carbonyl (C=O) groups is 2. The molecule has 2 fully saturated rings. The third kappa shape index (κ3) is 2.49. The minimum absolute atomic E-state index is 0.0332. The maximum Gasteiger partial charge on any atom is 0.269 e. The molecule has 2 bridgehead atoms. The molecule has 4 atom stereocenters. The number of rotatable bonds is 3. The van der Waals surface area contributed by atoms with Gasteiger partial charge in [-0.3, -0.25) is 19.7 Å². The number of carbonyl (C=O) groups excluding carboxylic acids is 2. The standard InChI is InChI=1S/C24H20N2O4/c1-13(2)20-18-11-12-19(20)22-21(18)23(27)25(24(22)28)16-7-3-14(4-8-16)15-5-9-17(10-6-15)26(29)30/h3-12,18-19,21-22H,1-2H3/t18-,19-,21-,22+/m1/s1. The normalized spacial score (nSPS) is 26.5. The van der Waals surface area contributed by atoms with Crippen molar-refractivity contribution in [2.24, 2.45) is 23.7 Å². The minimum atomic E-state index is -0.434. The van der Waals surface area contributed by atoms with E-state index in [0.29, 0.717) is 5.69 Å². The van der Waals surface area contributed by atoms with Gasteiger partial charge in [0.15, 0.2) is 0 Å². The minimum Gasteiger partial charge on any atom is -0.274 e. The number of anilines is 1. The first-order valence-corrected chi connectivity index (χ1v) is 9.97. The number of benzene rings is 2. The van der Waals surface area contributed by atoms with Crippen LogP contribution in [0.4, 0.5) is 11.4 Å². The van der Waals surface area contributed by atoms with Crippen molar-refractivity contribution in [2.45, 2.75) is 13.8 Å². The van der Waals surface area contributed by atoms with Gasteiger partial charge < -0.3 is 0 Å². The molecule has 150 valence electrons. The maximum absolute atomic E-state index is 13.2. The van der Waals surface area contributed by atoms with E-state index >= 15 is 0 Å². The first-order chi connectivity index (χ1) is 14.4. The van der Waals surface area contributed by atoms with Crippen LogP contribution in [0.1, 0.15) is 13.8 Å². The van der Waals surface area contributed by atoms with E-state index in [9.17, 15) is 19.7 Å². The molecule has 6 nitrogen and oxygen atoms in total. The fraction of sp³-hybridized carbons (Fsp3) is 0.250. The predicted octanol–water partition coefficient (Wildman–Crippen LogP) is 4.52. The number of allylic oxidation sites excluding steroid dienone is 4. The summed E-state index contributed by atoms with van der Waals surface area (Å²) in [5.74, 6) is -0.775. The fourth-order valence-electron chi connectivity index (χ4n) is 5.26. The van der Waals surface area contributed by atoms with Crippen LogP contribution in [0, 0.1) is 33.8 Å². The lowest BCUT2D eigenvalue weighted by molar-refractivity contribution is -0.384. The Morgan fingerprint density at radius 2 is 1.30 bits per heavy atom. The Balaban J connectivity index is 1.43. The van der Waals surface area contributed by atoms with Gasteiger partial charge in [-0.2, -0.15) is 0 Å². The van der Waals surface area contributed by atoms with Gasteiger partial charge in [0.05, 0.1) is 22.4 Å². The molecular formula is C24H20N2O4. The fourth-order valence-corrected chi connectivity index (χ4v) is 5.26. The zero-order valence-corrected chi connectivity index (χ0v) is 16.6. The molecule has 1 aliphatic heterocycles. The molecular weight excluding hydrogens is 380 g/mol. The van der Waals surface area contributed by atoms with Gasteiger partial charge in [-0.05, 0) is 49.2 Å². The van der Waals surface area contributed by atoms with Crippen LogP contribution in [0.5, 0.6) is 0 Å². The lowest BCUT2D eigenvalue weighted by Gasteiger charge is -2.19. The first kappa shape index (κ1) is 18.5. The van der Waals surface area contributed by atoms with Crippen LogP contribution in [-0.2, 0) is 9.59 Å². The van der Waals surface area contributed by atoms with Gasteiger partial charge in [0, 0.05) is 24.0 Å². The highest BCUT2D eigenvalue weighted by Crippen LogP contribution is 2.57. The summed E-state index contributed by atoms with van der Waals surface area (Å²) in [6.07, 6.45) is 4.17. The molecule has 2 aromatic rings. The van der Waals surface area contributed by atoms with Gasteiger partial charge >= 0.3 is 0 Å². The van der Waals surface area contributed by atoms with Gasteiger partial charge in [-0.15, -0.1) is 0 Å². The zero-order valence-electron chi connectivity index (χ0n) is 16.6. The van der Waals surface area contributed by atoms with Crippen LogP contribution in [0.25, 0.3) is 11.1 Å². The van der Waals surface area contributed by atoms with Crippen molar-refractivity contribution in [2.75, 3.05) is 4.90 Å². The molecule has 30 heavy (non-hydrogen) atoms. The Labute approximate surface area is 173 Å². The Bertz CT molecular complexity index is 1110. The Hall–Kier alpha value is -3.54. The number of hydrogen-bond donors (Lipinski definition) is 0. The summed E-state index contributed by atoms with van der Waals surface area (Å²) >= 11 is 0. The lowest BCUT2D eigenvalue weighted by atomic mass is 9.85. The number of nitro groups is 1. The Kier molecular flexibility index (Phi) is 4.00. The monoisotopic (exact) mass is 400 g/mol. The van der Waals surface area contributed by atoms with Gasteiger partial charge in [0.2, 0.25) is 11.8 Å². The van der Waals surface area contributed by atoms with Crippen LogP contribution < -0.4 is 4.90 Å². The van der Waals surface area contributed by atoms with Crippen LogP contribution in [0.15, 0.2) is 71.8 Å². The van der Waals surface area contributed by atoms with E-state index in [2.05, 4.69) is 12.2 Å². The largest absolute Gasteiger partial charge is 0.274 e. The molecule has 1 heterocycles. The Morgan fingerprint density at radius 1 is 0.833 bits per heavy atom. The molecule has 2 aliphatic carbocycles. The van der Waals surface area contributed by atoms with Crippen molar-refractivity contribution >= 4 is 23.2 Å². The second-order valence-corrected chi connectivity index (χ2v) is 8.31. The van der Waals surface area contributed by atoms with Gasteiger partial charge in [-0.25, -0.2) is 4.90 Å². The third-order valence-corrected chi connectivity index (χ3v) is 6.53. The quantitative estimate of drug-likeness (QED) is 0.328. The van der Waals surface area contributed by atoms with E-state index in [-0.39, 0.29) is 41.2 Å². The molecule has 2 aromatic carbocycles. The summed E-state index contributed by atoms with van der Waals surface area (Å²) in [5.41, 5.74) is 4.74. The van der Waals surface area contributed by atoms with E-state index in [1.807, 2.05) is 26.0 Å². The summed E-state index contributed by atoms with van der Waals surface area (Å²) in [6.45, 7) is 4.10. The summed E-state index contributed by atoms with van der Waals surface area (Å²) in [4.78, 5) is 38.1. The molecule has 3 aliphatic rings. The molecule has 1 saturated carbocycles. The van der Waals surface area contributed by atoms with Crippen LogP contribution in [-0.4, -0.2) is 16.7 Å². The number of nitrogens with zero attached hydrogens (tertiary/aromatic N) is 2. The van der Waals surface area contributed by atoms with Gasteiger partial charge in [-0.1, -0.05) is 35.4 Å². The Morgan fingerprint density at radius 3 is 1.73 bits per heavy atom. The second-order valence-electron chi connectivity index (χ2n) is 8.31. The van der Waals surface area contributed by atoms with E-state index in [0.717, 1.165) is 11.1 Å². The van der Waals surface area contributed by atoms with Crippen molar-refractivity contribution in [3.63, 3.8) is 0 Å². The van der Waals surface area contributed by atoms with Crippen molar-refractivity contribution in [3.8, 4) is 11.1 Å². The van der Waals surface area contributed by atoms with Crippen LogP contribution >= 0.6 is 0 Å². The molecule has 5 rings (SSSR count). The van der Waals surface area contributed by atoms with E-state index in [1.165, 1.54) is 28.2 Å². The van der Waals surface area contributed by atoms with Crippen molar-refractivity contribution in [1.82, 2.24) is 0 Å². The van der Waals surface area contributed by atoms with Crippen molar-refractivity contribution in [1.29, 1.82) is 0 Å². The number of amides is 2. The molecule has 2 amide bonds. The van der Waals surface area contributed by atoms with Crippen LogP contribution in [0.3, 0.4) is 0 Å². The smallest absolute Gasteiger partial charge is 0.269 e. The molecule has 0 aromatic heterocycles. The zero-order chi connectivity index (χ0) is 21.2. The number of nitro benzene ring substituents is 1. The second kappa shape index (κ2) is 6.49. The first-order valence-electron chi connectivity index (χ1n) is 9.97. The summed E-state index contributed by atoms with van der Waals surface area (Å²) in [6, 6.07) is 13.5. The molecule has 0 N–H and O–H groups in total. The summed E-state index contributed by atoms with van der Waals surface area (Å²) in [7, 11) is 0. The maximum atomic E-state index is 13.2. The number of fused-ring (bicyclic) bond motifs is 5. The average Bonchev–Trinajstić information content (AvgIpc) is 3.38. The summed E-state index contributed by atoms with van der Waals surface area (Å²) < 4.78 is 0. The van der Waals surface area contributed by atoms with Gasteiger partial charge in [0.25, 0.3) is 5.69 Å². The molecule has 6 heteroatoms. The number of imide groups is 1. The van der Waals surface area contributed by atoms with E-state index in [1.54, 1.807) is 24.3 Å². The van der Waals surface area contributed by atoms with E-state index < -0.39 is 4.92 Å². The average molecular weight is 400 g/mol. The molecule has 0 unspecified atom stereocenters. The molecule has 0 radical (unpaired) electrons. The SMILES string of the molecule is CC(C)=C1[C@H]2C=C[C@H]1[C@H]1C(=O)N(c3ccc(-c4ccc([N+](=O)[O-])cc4)cc3)C(=O)[C@H]12. The number of hydrogen-bond acceptors (Lipinski definition) is 4. The number of non-ortho nitro benzene ring substituents is 1. The summed E-state index contributed by atoms with van der Waals surface area (Å²) in [5, 5.41) is 10.8. The predicted molar refractivity (Wildman–Crippen MR) is 112 cm³/mol. The highest BCUT2D eigenvalue weighted by molar-refractivity contribution is 6.23. The van der Waals surface area contributed by atoms with Gasteiger partial charge in [0.1, 0.15) is 0 Å². The van der Waals surface area contributed by atoms with E-state index in [4.69, 9.17) is 0 Å². The highest BCUT2D eigenvalue weighted by Gasteiger charge is 2.61. The molecule has 0 spiro atoms. The van der Waals surface area contributed by atoms with Crippen molar-refractivity contribution in [3.05, 3.63) is 81.9 Å². The lowest BCUT2D eigenvalue weighted by Crippen LogP contribution is -2.33. The third-order valence-electron chi connectivity index (χ3n) is 6.53. The highest BCUT2D eigenvalue weighted by atomic mass is 16.6. The topological polar surface area (TPSA) is 80.5 Å². The van der Waals surface area contributed by atoms with Crippen LogP contribution in [0.2, 0.25) is 0 Å².